The highest BCUT2D eigenvalue weighted by molar-refractivity contribution is 6.30. The van der Waals surface area contributed by atoms with Gasteiger partial charge in [-0.1, -0.05) is 50.4 Å². The van der Waals surface area contributed by atoms with Gasteiger partial charge in [0.25, 0.3) is 5.91 Å². The van der Waals surface area contributed by atoms with E-state index in [-0.39, 0.29) is 18.4 Å². The molecule has 0 atom stereocenters. The molecular formula is C18H24ClN3O3. The van der Waals surface area contributed by atoms with Crippen LogP contribution < -0.4 is 10.6 Å². The molecule has 1 fully saturated rings. The van der Waals surface area contributed by atoms with Gasteiger partial charge >= 0.3 is 6.03 Å². The number of hydrogen-bond donors (Lipinski definition) is 2. The zero-order chi connectivity index (χ0) is 18.4. The van der Waals surface area contributed by atoms with Crippen molar-refractivity contribution in [3.8, 4) is 0 Å². The molecule has 2 rings (SSSR count). The lowest BCUT2D eigenvalue weighted by molar-refractivity contribution is -0.135. The Morgan fingerprint density at radius 2 is 1.76 bits per heavy atom. The van der Waals surface area contributed by atoms with Crippen molar-refractivity contribution in [2.45, 2.75) is 51.6 Å². The van der Waals surface area contributed by atoms with Crippen molar-refractivity contribution >= 4 is 29.4 Å². The van der Waals surface area contributed by atoms with Crippen LogP contribution in [-0.2, 0) is 16.1 Å². The highest BCUT2D eigenvalue weighted by Crippen LogP contribution is 2.27. The topological polar surface area (TPSA) is 78.5 Å². The average Bonchev–Trinajstić information content (AvgIpc) is 2.79. The molecule has 1 heterocycles. The molecule has 6 nitrogen and oxygen atoms in total. The first-order valence-corrected chi connectivity index (χ1v) is 8.95. The molecule has 0 bridgehead atoms. The van der Waals surface area contributed by atoms with Crippen LogP contribution in [0.25, 0.3) is 0 Å². The Bertz CT molecular complexity index is 639. The maximum Gasteiger partial charge on any atom is 0.325 e. The zero-order valence-corrected chi connectivity index (χ0v) is 15.4. The van der Waals surface area contributed by atoms with Crippen molar-refractivity contribution < 1.29 is 14.4 Å². The lowest BCUT2D eigenvalue weighted by Gasteiger charge is -2.25. The van der Waals surface area contributed by atoms with E-state index in [0.717, 1.165) is 23.3 Å². The summed E-state index contributed by atoms with van der Waals surface area (Å²) in [5.41, 5.74) is 0.0260. The second-order valence-corrected chi connectivity index (χ2v) is 6.74. The van der Waals surface area contributed by atoms with Gasteiger partial charge in [-0.05, 0) is 30.5 Å². The van der Waals surface area contributed by atoms with E-state index >= 15 is 0 Å². The van der Waals surface area contributed by atoms with Crippen LogP contribution in [0.2, 0.25) is 5.02 Å². The largest absolute Gasteiger partial charge is 0.350 e. The molecule has 0 radical (unpaired) electrons. The summed E-state index contributed by atoms with van der Waals surface area (Å²) in [6.45, 7) is 3.98. The van der Waals surface area contributed by atoms with Crippen molar-refractivity contribution in [2.75, 3.05) is 6.54 Å². The predicted octanol–water partition coefficient (Wildman–Crippen LogP) is 2.85. The SMILES string of the molecule is CCCC1(CCC)NC(=O)N(CC(=O)NCc2ccc(Cl)cc2)C1=O. The highest BCUT2D eigenvalue weighted by atomic mass is 35.5. The van der Waals surface area contributed by atoms with Gasteiger partial charge in [-0.2, -0.15) is 0 Å². The molecule has 2 N–H and O–H groups in total. The number of nitrogens with one attached hydrogen (secondary N) is 2. The molecule has 1 aromatic carbocycles. The molecule has 0 aromatic heterocycles. The predicted molar refractivity (Wildman–Crippen MR) is 96.1 cm³/mol. The number of hydrogen-bond acceptors (Lipinski definition) is 3. The fourth-order valence-corrected chi connectivity index (χ4v) is 3.27. The van der Waals surface area contributed by atoms with Gasteiger partial charge in [0.15, 0.2) is 0 Å². The number of benzene rings is 1. The summed E-state index contributed by atoms with van der Waals surface area (Å²) < 4.78 is 0. The van der Waals surface area contributed by atoms with E-state index in [1.807, 2.05) is 26.0 Å². The lowest BCUT2D eigenvalue weighted by Crippen LogP contribution is -2.47. The maximum atomic E-state index is 12.7. The number of carbonyl (C=O) groups is 3. The molecule has 1 aromatic rings. The molecule has 136 valence electrons. The molecule has 0 unspecified atom stereocenters. The first-order chi connectivity index (χ1) is 11.9. The van der Waals surface area contributed by atoms with Gasteiger partial charge in [-0.15, -0.1) is 0 Å². The third kappa shape index (κ3) is 4.51. The summed E-state index contributed by atoms with van der Waals surface area (Å²) in [6.07, 6.45) is 2.72. The molecule has 1 aliphatic heterocycles. The maximum absolute atomic E-state index is 12.7. The molecule has 0 spiro atoms. The molecule has 0 saturated carbocycles. The Hall–Kier alpha value is -2.08. The van der Waals surface area contributed by atoms with Crippen LogP contribution in [0.15, 0.2) is 24.3 Å². The number of imide groups is 1. The van der Waals surface area contributed by atoms with Gasteiger partial charge in [0, 0.05) is 11.6 Å². The van der Waals surface area contributed by atoms with E-state index in [4.69, 9.17) is 11.6 Å². The second-order valence-electron chi connectivity index (χ2n) is 6.31. The Labute approximate surface area is 152 Å². The zero-order valence-electron chi connectivity index (χ0n) is 14.6. The number of urea groups is 1. The Morgan fingerprint density at radius 3 is 2.32 bits per heavy atom. The van der Waals surface area contributed by atoms with Crippen LogP contribution in [0.5, 0.6) is 0 Å². The quantitative estimate of drug-likeness (QED) is 0.695. The summed E-state index contributed by atoms with van der Waals surface area (Å²) in [7, 11) is 0. The first kappa shape index (κ1) is 19.2. The van der Waals surface area contributed by atoms with Crippen LogP contribution >= 0.6 is 11.6 Å². The number of nitrogens with zero attached hydrogens (tertiary/aromatic N) is 1. The molecular weight excluding hydrogens is 342 g/mol. The smallest absolute Gasteiger partial charge is 0.325 e. The van der Waals surface area contributed by atoms with E-state index in [0.29, 0.717) is 24.4 Å². The molecule has 0 aliphatic carbocycles. The fraction of sp³-hybridized carbons (Fsp3) is 0.500. The fourth-order valence-electron chi connectivity index (χ4n) is 3.14. The highest BCUT2D eigenvalue weighted by Gasteiger charge is 2.50. The van der Waals surface area contributed by atoms with Crippen LogP contribution in [0, 0.1) is 0 Å². The second kappa shape index (κ2) is 8.34. The number of rotatable bonds is 8. The van der Waals surface area contributed by atoms with E-state index in [1.165, 1.54) is 0 Å². The lowest BCUT2D eigenvalue weighted by atomic mass is 9.88. The summed E-state index contributed by atoms with van der Waals surface area (Å²) in [6, 6.07) is 6.61. The third-order valence-electron chi connectivity index (χ3n) is 4.30. The Morgan fingerprint density at radius 1 is 1.16 bits per heavy atom. The standard InChI is InChI=1S/C18H24ClN3O3/c1-3-9-18(10-4-2)16(24)22(17(25)21-18)12-15(23)20-11-13-5-7-14(19)8-6-13/h5-8H,3-4,9-12H2,1-2H3,(H,20,23)(H,21,25). The molecule has 4 amide bonds. The molecule has 25 heavy (non-hydrogen) atoms. The van der Waals surface area contributed by atoms with E-state index in [9.17, 15) is 14.4 Å². The molecule has 1 saturated heterocycles. The van der Waals surface area contributed by atoms with Gasteiger partial charge in [0.1, 0.15) is 12.1 Å². The van der Waals surface area contributed by atoms with E-state index in [1.54, 1.807) is 12.1 Å². The van der Waals surface area contributed by atoms with E-state index in [2.05, 4.69) is 10.6 Å². The van der Waals surface area contributed by atoms with Gasteiger partial charge in [0.2, 0.25) is 5.91 Å². The summed E-state index contributed by atoms with van der Waals surface area (Å²) in [4.78, 5) is 38.1. The van der Waals surface area contributed by atoms with Crippen molar-refractivity contribution in [3.05, 3.63) is 34.9 Å². The van der Waals surface area contributed by atoms with E-state index < -0.39 is 11.6 Å². The Balaban J connectivity index is 1.96. The Kier molecular flexibility index (Phi) is 6.42. The summed E-state index contributed by atoms with van der Waals surface area (Å²) in [5, 5.41) is 6.14. The van der Waals surface area contributed by atoms with Crippen molar-refractivity contribution in [2.24, 2.45) is 0 Å². The van der Waals surface area contributed by atoms with Crippen molar-refractivity contribution in [3.63, 3.8) is 0 Å². The summed E-state index contributed by atoms with van der Waals surface area (Å²) >= 11 is 5.82. The number of carbonyl (C=O) groups excluding carboxylic acids is 3. The van der Waals surface area contributed by atoms with Crippen molar-refractivity contribution in [1.29, 1.82) is 0 Å². The number of amides is 4. The monoisotopic (exact) mass is 365 g/mol. The normalized spacial score (nSPS) is 16.0. The molecule has 1 aliphatic rings. The molecule has 7 heteroatoms. The minimum absolute atomic E-state index is 0.270. The van der Waals surface area contributed by atoms with Gasteiger partial charge in [0.05, 0.1) is 0 Å². The van der Waals surface area contributed by atoms with Crippen LogP contribution in [0.4, 0.5) is 4.79 Å². The van der Waals surface area contributed by atoms with Gasteiger partial charge in [-0.3, -0.25) is 14.5 Å². The first-order valence-electron chi connectivity index (χ1n) is 8.57. The van der Waals surface area contributed by atoms with Crippen LogP contribution in [-0.4, -0.2) is 34.8 Å². The third-order valence-corrected chi connectivity index (χ3v) is 4.56. The van der Waals surface area contributed by atoms with Crippen molar-refractivity contribution in [1.82, 2.24) is 15.5 Å². The van der Waals surface area contributed by atoms with Gasteiger partial charge < -0.3 is 10.6 Å². The average molecular weight is 366 g/mol. The van der Waals surface area contributed by atoms with Gasteiger partial charge in [-0.25, -0.2) is 4.79 Å². The minimum Gasteiger partial charge on any atom is -0.350 e. The minimum atomic E-state index is -0.864. The number of halogens is 1. The summed E-state index contributed by atoms with van der Waals surface area (Å²) in [5.74, 6) is -0.676. The van der Waals surface area contributed by atoms with Crippen LogP contribution in [0.1, 0.15) is 45.1 Å². The van der Waals surface area contributed by atoms with Crippen LogP contribution in [0.3, 0.4) is 0 Å².